The number of ether oxygens (including phenoxy) is 1. The molecule has 2 rings (SSSR count). The average Bonchev–Trinajstić information content (AvgIpc) is 2.66. The molecular weight excluding hydrogens is 460 g/mol. The lowest BCUT2D eigenvalue weighted by Crippen LogP contribution is -2.38. The van der Waals surface area contributed by atoms with Gasteiger partial charge >= 0.3 is 0 Å². The van der Waals surface area contributed by atoms with Crippen molar-refractivity contribution in [3.63, 3.8) is 0 Å². The van der Waals surface area contributed by atoms with Crippen LogP contribution in [0.4, 0.5) is 4.39 Å². The number of nitrogens with zero attached hydrogens (tertiary/aromatic N) is 1. The van der Waals surface area contributed by atoms with Crippen LogP contribution in [0, 0.1) is 5.82 Å². The Labute approximate surface area is 177 Å². The maximum atomic E-state index is 13.7. The molecule has 7 heteroatoms. The second kappa shape index (κ2) is 13.3. The number of hydrogen-bond acceptors (Lipinski definition) is 3. The number of hydrogen-bond donors (Lipinski definition) is 3. The fraction of sp³-hybridized carbons (Fsp3) is 0.350. The molecule has 0 fully saturated rings. The molecule has 2 aromatic carbocycles. The van der Waals surface area contributed by atoms with E-state index in [9.17, 15) is 9.50 Å². The first-order valence-corrected chi connectivity index (χ1v) is 8.83. The second-order valence-electron chi connectivity index (χ2n) is 5.70. The van der Waals surface area contributed by atoms with Gasteiger partial charge in [0.15, 0.2) is 5.96 Å². The van der Waals surface area contributed by atoms with E-state index in [1.54, 1.807) is 18.2 Å². The molecule has 0 aromatic heterocycles. The molecule has 1 unspecified atom stereocenters. The molecule has 5 nitrogen and oxygen atoms in total. The van der Waals surface area contributed by atoms with E-state index in [-0.39, 0.29) is 36.1 Å². The van der Waals surface area contributed by atoms with Gasteiger partial charge in [0.1, 0.15) is 17.7 Å². The zero-order chi connectivity index (χ0) is 18.6. The zero-order valence-corrected chi connectivity index (χ0v) is 17.7. The van der Waals surface area contributed by atoms with Crippen LogP contribution in [-0.4, -0.2) is 37.3 Å². The number of aliphatic hydroxyl groups excluding tert-OH is 1. The van der Waals surface area contributed by atoms with Crippen LogP contribution >= 0.6 is 24.0 Å². The van der Waals surface area contributed by atoms with Gasteiger partial charge in [-0.05, 0) is 31.5 Å². The SMILES string of the molecule is CCNC(=NCC(O)c1ccccc1F)NCCCOc1ccccc1.I. The standard InChI is InChI=1S/C20H26FN3O2.HI/c1-2-22-20(23-13-8-14-26-16-9-4-3-5-10-16)24-15-19(25)17-11-6-7-12-18(17)21;/h3-7,9-12,19,25H,2,8,13-15H2,1H3,(H2,22,23,24);1H. The molecule has 0 heterocycles. The summed E-state index contributed by atoms with van der Waals surface area (Å²) in [5.41, 5.74) is 0.253. The number of nitrogens with one attached hydrogen (secondary N) is 2. The van der Waals surface area contributed by atoms with Gasteiger partial charge in [-0.1, -0.05) is 36.4 Å². The Morgan fingerprint density at radius 3 is 2.52 bits per heavy atom. The maximum Gasteiger partial charge on any atom is 0.191 e. The van der Waals surface area contributed by atoms with Crippen LogP contribution in [0.25, 0.3) is 0 Å². The second-order valence-corrected chi connectivity index (χ2v) is 5.70. The van der Waals surface area contributed by atoms with Gasteiger partial charge in [-0.2, -0.15) is 0 Å². The molecule has 0 saturated carbocycles. The Morgan fingerprint density at radius 1 is 1.11 bits per heavy atom. The van der Waals surface area contributed by atoms with Crippen molar-refractivity contribution in [2.75, 3.05) is 26.2 Å². The number of aliphatic imine (C=N–C) groups is 1. The van der Waals surface area contributed by atoms with E-state index in [1.807, 2.05) is 37.3 Å². The highest BCUT2D eigenvalue weighted by molar-refractivity contribution is 14.0. The molecule has 0 aliphatic heterocycles. The number of rotatable bonds is 9. The van der Waals surface area contributed by atoms with Crippen molar-refractivity contribution in [1.82, 2.24) is 10.6 Å². The van der Waals surface area contributed by atoms with E-state index < -0.39 is 11.9 Å². The van der Waals surface area contributed by atoms with Gasteiger partial charge in [0.25, 0.3) is 0 Å². The summed E-state index contributed by atoms with van der Waals surface area (Å²) in [6, 6.07) is 15.8. The van der Waals surface area contributed by atoms with Crippen LogP contribution in [0.1, 0.15) is 25.0 Å². The highest BCUT2D eigenvalue weighted by Crippen LogP contribution is 2.16. The van der Waals surface area contributed by atoms with Crippen molar-refractivity contribution < 1.29 is 14.2 Å². The Bertz CT molecular complexity index is 686. The van der Waals surface area contributed by atoms with Crippen molar-refractivity contribution in [3.05, 3.63) is 66.0 Å². The molecule has 0 saturated heterocycles. The van der Waals surface area contributed by atoms with Gasteiger partial charge in [-0.15, -0.1) is 24.0 Å². The van der Waals surface area contributed by atoms with Crippen LogP contribution in [0.2, 0.25) is 0 Å². The molecule has 2 aromatic rings. The normalized spacial score (nSPS) is 12.0. The minimum absolute atomic E-state index is 0. The molecule has 0 amide bonds. The topological polar surface area (TPSA) is 65.9 Å². The third-order valence-corrected chi connectivity index (χ3v) is 3.66. The Morgan fingerprint density at radius 2 is 1.81 bits per heavy atom. The van der Waals surface area contributed by atoms with Crippen LogP contribution in [0.5, 0.6) is 5.75 Å². The highest BCUT2D eigenvalue weighted by Gasteiger charge is 2.11. The summed E-state index contributed by atoms with van der Waals surface area (Å²) in [6.45, 7) is 4.00. The zero-order valence-electron chi connectivity index (χ0n) is 15.4. The first-order chi connectivity index (χ1) is 12.7. The van der Waals surface area contributed by atoms with Gasteiger partial charge in [-0.3, -0.25) is 4.99 Å². The molecule has 0 bridgehead atoms. The van der Waals surface area contributed by atoms with E-state index in [1.165, 1.54) is 6.07 Å². The summed E-state index contributed by atoms with van der Waals surface area (Å²) >= 11 is 0. The van der Waals surface area contributed by atoms with Gasteiger partial charge in [0, 0.05) is 18.7 Å². The van der Waals surface area contributed by atoms with Gasteiger partial charge in [0.2, 0.25) is 0 Å². The Balaban J connectivity index is 0.00000364. The monoisotopic (exact) mass is 487 g/mol. The van der Waals surface area contributed by atoms with Crippen LogP contribution in [-0.2, 0) is 0 Å². The quantitative estimate of drug-likeness (QED) is 0.219. The largest absolute Gasteiger partial charge is 0.494 e. The smallest absolute Gasteiger partial charge is 0.191 e. The lowest BCUT2D eigenvalue weighted by atomic mass is 10.1. The first kappa shape index (κ1) is 23.2. The molecular formula is C20H27FIN3O2. The molecule has 148 valence electrons. The number of aliphatic hydroxyl groups is 1. The Hall–Kier alpha value is -1.87. The van der Waals surface area contributed by atoms with E-state index >= 15 is 0 Å². The fourth-order valence-corrected chi connectivity index (χ4v) is 2.35. The van der Waals surface area contributed by atoms with Crippen molar-refractivity contribution in [2.45, 2.75) is 19.4 Å². The van der Waals surface area contributed by atoms with Gasteiger partial charge in [0.05, 0.1) is 13.2 Å². The predicted octanol–water partition coefficient (Wildman–Crippen LogP) is 3.50. The van der Waals surface area contributed by atoms with Gasteiger partial charge < -0.3 is 20.5 Å². The van der Waals surface area contributed by atoms with E-state index in [2.05, 4.69) is 15.6 Å². The summed E-state index contributed by atoms with van der Waals surface area (Å²) in [7, 11) is 0. The van der Waals surface area contributed by atoms with Crippen LogP contribution < -0.4 is 15.4 Å². The summed E-state index contributed by atoms with van der Waals surface area (Å²) in [5.74, 6) is 1.01. The molecule has 27 heavy (non-hydrogen) atoms. The average molecular weight is 487 g/mol. The summed E-state index contributed by atoms with van der Waals surface area (Å²) in [4.78, 5) is 4.32. The molecule has 0 spiro atoms. The number of para-hydroxylation sites is 1. The van der Waals surface area contributed by atoms with Crippen molar-refractivity contribution >= 4 is 29.9 Å². The van der Waals surface area contributed by atoms with Crippen LogP contribution in [0.3, 0.4) is 0 Å². The molecule has 3 N–H and O–H groups in total. The van der Waals surface area contributed by atoms with E-state index in [0.29, 0.717) is 25.7 Å². The van der Waals surface area contributed by atoms with Crippen LogP contribution in [0.15, 0.2) is 59.6 Å². The third kappa shape index (κ3) is 8.57. The van der Waals surface area contributed by atoms with Crippen molar-refractivity contribution in [2.24, 2.45) is 4.99 Å². The summed E-state index contributed by atoms with van der Waals surface area (Å²) in [6.07, 6.45) is -0.178. The minimum atomic E-state index is -0.979. The number of halogens is 2. The molecule has 1 atom stereocenters. The lowest BCUT2D eigenvalue weighted by molar-refractivity contribution is 0.182. The molecule has 0 aliphatic carbocycles. The minimum Gasteiger partial charge on any atom is -0.494 e. The predicted molar refractivity (Wildman–Crippen MR) is 117 cm³/mol. The number of benzene rings is 2. The number of guanidine groups is 1. The maximum absolute atomic E-state index is 13.7. The van der Waals surface area contributed by atoms with Crippen molar-refractivity contribution in [3.8, 4) is 5.75 Å². The Kier molecular flexibility index (Phi) is 11.4. The van der Waals surface area contributed by atoms with Gasteiger partial charge in [-0.25, -0.2) is 4.39 Å². The fourth-order valence-electron chi connectivity index (χ4n) is 2.35. The van der Waals surface area contributed by atoms with Crippen molar-refractivity contribution in [1.29, 1.82) is 0 Å². The van der Waals surface area contributed by atoms with E-state index in [0.717, 1.165) is 12.2 Å². The molecule has 0 aliphatic rings. The first-order valence-electron chi connectivity index (χ1n) is 8.83. The lowest BCUT2D eigenvalue weighted by Gasteiger charge is -2.14. The highest BCUT2D eigenvalue weighted by atomic mass is 127. The summed E-state index contributed by atoms with van der Waals surface area (Å²) in [5, 5.41) is 16.4. The summed E-state index contributed by atoms with van der Waals surface area (Å²) < 4.78 is 19.3. The third-order valence-electron chi connectivity index (χ3n) is 3.66. The molecule has 0 radical (unpaired) electrons. The van der Waals surface area contributed by atoms with E-state index in [4.69, 9.17) is 4.74 Å².